The molecule has 1 N–H and O–H groups in total. The molecule has 1 fully saturated rings. The molecule has 1 amide bonds. The van der Waals surface area contributed by atoms with Crippen molar-refractivity contribution in [3.8, 4) is 5.75 Å². The SMILES string of the molecule is CO[C@@]1(N=Cc2cc(C)c(O)c(C(C)(C)C)c2)C(=O)N2C(C(=O)OC(c3ccccc3)c3ccccc3)=C(COC(C)=O)CS[C@H]21. The van der Waals surface area contributed by atoms with Gasteiger partial charge in [-0.15, -0.1) is 11.8 Å². The number of benzene rings is 3. The van der Waals surface area contributed by atoms with E-state index in [-0.39, 0.29) is 29.2 Å². The maximum Gasteiger partial charge on any atom is 0.356 e. The Morgan fingerprint density at radius 1 is 1.09 bits per heavy atom. The normalized spacial score (nSPS) is 19.7. The summed E-state index contributed by atoms with van der Waals surface area (Å²) in [5.41, 5.74) is 2.20. The maximum atomic E-state index is 14.1. The number of amides is 1. The smallest absolute Gasteiger partial charge is 0.356 e. The Morgan fingerprint density at radius 3 is 2.24 bits per heavy atom. The Bertz CT molecular complexity index is 1660. The van der Waals surface area contributed by atoms with E-state index in [0.29, 0.717) is 16.7 Å². The maximum absolute atomic E-state index is 14.1. The Morgan fingerprint density at radius 2 is 1.70 bits per heavy atom. The van der Waals surface area contributed by atoms with E-state index in [1.54, 1.807) is 12.3 Å². The van der Waals surface area contributed by atoms with Crippen LogP contribution in [0.15, 0.2) is 89.1 Å². The highest BCUT2D eigenvalue weighted by molar-refractivity contribution is 8.00. The molecule has 2 atom stereocenters. The van der Waals surface area contributed by atoms with Crippen LogP contribution in [-0.2, 0) is 34.0 Å². The standard InChI is InChI=1S/C36H38N2O7S/c1-22-17-24(18-28(30(22)40)35(3,4)5)19-37-36(43-6)33(42)38-29(27(20-44-23(2)39)21-46-34(36)38)32(41)45-31(25-13-9-7-10-14-25)26-15-11-8-12-16-26/h7-19,31,34,40H,20-21H2,1-6H3/t34-,36-/m0/s1. The number of ether oxygens (including phenoxy) is 3. The fourth-order valence-electron chi connectivity index (χ4n) is 5.59. The van der Waals surface area contributed by atoms with Crippen LogP contribution in [-0.4, -0.2) is 64.6 Å². The van der Waals surface area contributed by atoms with Crippen molar-refractivity contribution in [1.82, 2.24) is 4.90 Å². The third kappa shape index (κ3) is 6.32. The number of phenolic OH excluding ortho intramolecular Hbond substituents is 1. The lowest BCUT2D eigenvalue weighted by Crippen LogP contribution is -2.73. The highest BCUT2D eigenvalue weighted by Crippen LogP contribution is 2.49. The first-order valence-corrected chi connectivity index (χ1v) is 16.0. The molecule has 2 aliphatic heterocycles. The topological polar surface area (TPSA) is 115 Å². The summed E-state index contributed by atoms with van der Waals surface area (Å²) >= 11 is 1.36. The first-order valence-electron chi connectivity index (χ1n) is 14.9. The molecule has 0 bridgehead atoms. The molecule has 2 aliphatic rings. The van der Waals surface area contributed by atoms with Crippen LogP contribution in [0.2, 0.25) is 0 Å². The van der Waals surface area contributed by atoms with E-state index in [1.807, 2.05) is 94.4 Å². The van der Waals surface area contributed by atoms with Crippen LogP contribution < -0.4 is 0 Å². The minimum atomic E-state index is -1.60. The van der Waals surface area contributed by atoms with Gasteiger partial charge < -0.3 is 19.3 Å². The monoisotopic (exact) mass is 642 g/mol. The number of methoxy groups -OCH3 is 1. The second-order valence-corrected chi connectivity index (χ2v) is 13.4. The van der Waals surface area contributed by atoms with E-state index in [2.05, 4.69) is 4.99 Å². The summed E-state index contributed by atoms with van der Waals surface area (Å²) in [5.74, 6) is -1.28. The number of nitrogens with zero attached hydrogens (tertiary/aromatic N) is 2. The highest BCUT2D eigenvalue weighted by atomic mass is 32.2. The van der Waals surface area contributed by atoms with E-state index in [4.69, 9.17) is 14.2 Å². The van der Waals surface area contributed by atoms with Gasteiger partial charge in [-0.25, -0.2) is 9.79 Å². The zero-order valence-electron chi connectivity index (χ0n) is 26.8. The van der Waals surface area contributed by atoms with Gasteiger partial charge >= 0.3 is 11.9 Å². The number of fused-ring (bicyclic) bond motifs is 1. The van der Waals surface area contributed by atoms with E-state index in [9.17, 15) is 19.5 Å². The van der Waals surface area contributed by atoms with Crippen molar-refractivity contribution in [3.05, 3.63) is 112 Å². The van der Waals surface area contributed by atoms with Crippen LogP contribution in [0.1, 0.15) is 61.6 Å². The molecule has 3 aromatic carbocycles. The van der Waals surface area contributed by atoms with Crippen LogP contribution in [0.5, 0.6) is 5.75 Å². The van der Waals surface area contributed by atoms with E-state index >= 15 is 0 Å². The van der Waals surface area contributed by atoms with E-state index < -0.39 is 35.0 Å². The third-order valence-electron chi connectivity index (χ3n) is 8.01. The number of hydrogen-bond donors (Lipinski definition) is 1. The number of aryl methyl sites for hydroxylation is 1. The Balaban J connectivity index is 1.50. The quantitative estimate of drug-likeness (QED) is 0.176. The second kappa shape index (κ2) is 13.1. The van der Waals surface area contributed by atoms with Gasteiger partial charge in [-0.2, -0.15) is 0 Å². The number of carbonyl (C=O) groups excluding carboxylic acids is 3. The Labute approximate surface area is 273 Å². The molecule has 0 saturated carbocycles. The fraction of sp³-hybridized carbons (Fsp3) is 0.333. The predicted molar refractivity (Wildman–Crippen MR) is 176 cm³/mol. The molecule has 2 heterocycles. The molecule has 0 aromatic heterocycles. The second-order valence-electron chi connectivity index (χ2n) is 12.3. The fourth-order valence-corrected chi connectivity index (χ4v) is 7.00. The molecule has 0 radical (unpaired) electrons. The summed E-state index contributed by atoms with van der Waals surface area (Å²) in [4.78, 5) is 45.9. The average Bonchev–Trinajstić information content (AvgIpc) is 3.04. The van der Waals surface area contributed by atoms with Gasteiger partial charge in [0.15, 0.2) is 6.10 Å². The Hall–Kier alpha value is -4.41. The van der Waals surface area contributed by atoms with Crippen molar-refractivity contribution in [2.75, 3.05) is 19.5 Å². The van der Waals surface area contributed by atoms with Gasteiger partial charge in [-0.05, 0) is 46.7 Å². The van der Waals surface area contributed by atoms with Gasteiger partial charge in [0.2, 0.25) is 0 Å². The van der Waals surface area contributed by atoms with Crippen LogP contribution in [0.3, 0.4) is 0 Å². The molecular formula is C36H38N2O7S. The zero-order valence-corrected chi connectivity index (χ0v) is 27.6. The summed E-state index contributed by atoms with van der Waals surface area (Å²) in [6.45, 7) is 8.94. The van der Waals surface area contributed by atoms with Gasteiger partial charge in [0.05, 0.1) is 0 Å². The minimum absolute atomic E-state index is 0.0187. The molecule has 10 heteroatoms. The van der Waals surface area contributed by atoms with Crippen molar-refractivity contribution in [2.24, 2.45) is 4.99 Å². The van der Waals surface area contributed by atoms with E-state index in [1.165, 1.54) is 30.7 Å². The minimum Gasteiger partial charge on any atom is -0.507 e. The zero-order chi connectivity index (χ0) is 33.2. The molecule has 240 valence electrons. The molecule has 0 spiro atoms. The number of β-lactam (4-membered cyclic amide) rings is 1. The number of rotatable bonds is 9. The number of hydrogen-bond acceptors (Lipinski definition) is 9. The summed E-state index contributed by atoms with van der Waals surface area (Å²) in [5, 5.41) is 9.98. The highest BCUT2D eigenvalue weighted by Gasteiger charge is 2.66. The summed E-state index contributed by atoms with van der Waals surface area (Å²) in [7, 11) is 1.41. The van der Waals surface area contributed by atoms with Gasteiger partial charge in [-0.3, -0.25) is 14.5 Å². The first-order chi connectivity index (χ1) is 21.9. The van der Waals surface area contributed by atoms with Crippen molar-refractivity contribution in [2.45, 2.75) is 57.2 Å². The summed E-state index contributed by atoms with van der Waals surface area (Å²) < 4.78 is 17.2. The molecule has 0 unspecified atom stereocenters. The first kappa shape index (κ1) is 33.0. The number of phenols is 1. The summed E-state index contributed by atoms with van der Waals surface area (Å²) in [6, 6.07) is 22.3. The van der Waals surface area contributed by atoms with Crippen LogP contribution in [0, 0.1) is 6.92 Å². The molecule has 5 rings (SSSR count). The van der Waals surface area contributed by atoms with Crippen LogP contribution >= 0.6 is 11.8 Å². The van der Waals surface area contributed by atoms with Crippen molar-refractivity contribution in [3.63, 3.8) is 0 Å². The molecule has 1 saturated heterocycles. The van der Waals surface area contributed by atoms with Crippen molar-refractivity contribution < 1.29 is 33.7 Å². The molecule has 9 nitrogen and oxygen atoms in total. The van der Waals surface area contributed by atoms with Gasteiger partial charge in [0.25, 0.3) is 11.6 Å². The van der Waals surface area contributed by atoms with Gasteiger partial charge in [-0.1, -0.05) is 81.4 Å². The van der Waals surface area contributed by atoms with Gasteiger partial charge in [0, 0.05) is 37.1 Å². The summed E-state index contributed by atoms with van der Waals surface area (Å²) in [6.07, 6.45) is 0.819. The lowest BCUT2D eigenvalue weighted by molar-refractivity contribution is -0.183. The number of carbonyl (C=O) groups is 3. The van der Waals surface area contributed by atoms with Crippen molar-refractivity contribution >= 4 is 35.8 Å². The number of esters is 2. The van der Waals surface area contributed by atoms with E-state index in [0.717, 1.165) is 16.7 Å². The largest absolute Gasteiger partial charge is 0.507 e. The predicted octanol–water partition coefficient (Wildman–Crippen LogP) is 5.82. The lowest BCUT2D eigenvalue weighted by atomic mass is 9.84. The number of aromatic hydroxyl groups is 1. The van der Waals surface area contributed by atoms with Crippen LogP contribution in [0.4, 0.5) is 0 Å². The molecule has 46 heavy (non-hydrogen) atoms. The van der Waals surface area contributed by atoms with Crippen molar-refractivity contribution in [1.29, 1.82) is 0 Å². The van der Waals surface area contributed by atoms with Crippen LogP contribution in [0.25, 0.3) is 0 Å². The number of aliphatic imine (C=N–C) groups is 1. The lowest BCUT2D eigenvalue weighted by Gasteiger charge is -2.54. The van der Waals surface area contributed by atoms with Gasteiger partial charge in [0.1, 0.15) is 23.4 Å². The molecule has 0 aliphatic carbocycles. The Kier molecular flexibility index (Phi) is 9.42. The average molecular weight is 643 g/mol. The number of thioether (sulfide) groups is 1. The molecule has 3 aromatic rings. The molecular weight excluding hydrogens is 604 g/mol. The third-order valence-corrected chi connectivity index (χ3v) is 9.37.